The predicted octanol–water partition coefficient (Wildman–Crippen LogP) is 5.62. The Morgan fingerprint density at radius 3 is 1.58 bits per heavy atom. The van der Waals surface area contributed by atoms with E-state index in [0.717, 1.165) is 22.3 Å². The minimum atomic E-state index is -4.54. The van der Waals surface area contributed by atoms with Gasteiger partial charge in [0.15, 0.2) is 6.29 Å². The van der Waals surface area contributed by atoms with Gasteiger partial charge in [-0.2, -0.15) is 8.42 Å². The number of hydrogen-bond donors (Lipinski definition) is 2. The van der Waals surface area contributed by atoms with Crippen LogP contribution in [-0.4, -0.2) is 81.3 Å². The number of alkyl carbamates (subject to hydrolysis) is 1. The lowest BCUT2D eigenvalue weighted by molar-refractivity contribution is -0.319. The molecule has 13 nitrogen and oxygen atoms in total. The van der Waals surface area contributed by atoms with Crippen molar-refractivity contribution in [2.75, 3.05) is 25.5 Å². The maximum absolute atomic E-state index is 12.3. The summed E-state index contributed by atoms with van der Waals surface area (Å²) in [7, 11) is -4.54. The topological polar surface area (TPSA) is 165 Å². The first-order valence-corrected chi connectivity index (χ1v) is 19.6. The van der Waals surface area contributed by atoms with Crippen molar-refractivity contribution in [2.24, 2.45) is 0 Å². The Bertz CT molecular complexity index is 1820. The van der Waals surface area contributed by atoms with E-state index in [-0.39, 0.29) is 59.0 Å². The molecule has 1 aliphatic heterocycles. The first-order chi connectivity index (χ1) is 26.7. The molecule has 0 aliphatic carbocycles. The smallest absolute Gasteiger partial charge is 0.407 e. The number of carbonyl (C=O) groups is 2. The monoisotopic (exact) mass is 777 g/mol. The third-order valence-corrected chi connectivity index (χ3v) is 9.22. The van der Waals surface area contributed by atoms with Crippen LogP contribution in [0.1, 0.15) is 35.1 Å². The van der Waals surface area contributed by atoms with Gasteiger partial charge in [0.25, 0.3) is 10.1 Å². The van der Waals surface area contributed by atoms with Gasteiger partial charge in [-0.1, -0.05) is 121 Å². The van der Waals surface area contributed by atoms with Crippen LogP contribution in [0.2, 0.25) is 0 Å². The third-order valence-electron chi connectivity index (χ3n) is 8.47. The normalized spacial score (nSPS) is 19.7. The average Bonchev–Trinajstić information content (AvgIpc) is 3.19. The van der Waals surface area contributed by atoms with Gasteiger partial charge in [-0.25, -0.2) is 4.79 Å². The lowest BCUT2D eigenvalue weighted by Crippen LogP contribution is -2.62. The molecule has 0 radical (unpaired) electrons. The summed E-state index contributed by atoms with van der Waals surface area (Å²) < 4.78 is 76.8. The van der Waals surface area contributed by atoms with E-state index >= 15 is 0 Å². The van der Waals surface area contributed by atoms with E-state index in [0.29, 0.717) is 0 Å². The molecule has 5 rings (SSSR count). The highest BCUT2D eigenvalue weighted by Gasteiger charge is 2.50. The van der Waals surface area contributed by atoms with Gasteiger partial charge in [0.1, 0.15) is 36.8 Å². The van der Waals surface area contributed by atoms with Crippen molar-refractivity contribution in [3.63, 3.8) is 0 Å². The van der Waals surface area contributed by atoms with Crippen molar-refractivity contribution in [1.82, 2.24) is 5.32 Å². The Morgan fingerprint density at radius 2 is 1.07 bits per heavy atom. The largest absolute Gasteiger partial charge is 0.466 e. The van der Waals surface area contributed by atoms with Crippen LogP contribution >= 0.6 is 0 Å². The second kappa shape index (κ2) is 22.0. The Kier molecular flexibility index (Phi) is 16.6. The van der Waals surface area contributed by atoms with Crippen LogP contribution in [0.25, 0.3) is 0 Å². The van der Waals surface area contributed by atoms with Crippen molar-refractivity contribution in [1.29, 1.82) is 0 Å². The fraction of sp³-hybridized carbons (Fsp3) is 0.366. The highest BCUT2D eigenvalue weighted by Crippen LogP contribution is 2.32. The summed E-state index contributed by atoms with van der Waals surface area (Å²) in [5, 5.41) is 2.52. The molecule has 4 aromatic carbocycles. The fourth-order valence-corrected chi connectivity index (χ4v) is 6.46. The SMILES string of the molecule is O=C(CCNC(=O)OCc1ccccc1)OCCCO[C@H]1O[C@H](CS(=O)(=O)O)[C@@H](OCc2ccccc2)[C@H](OCc2ccccc2)[C@H]1OCc1ccccc1. The standard InChI is InChI=1S/C41H47NO12S/c43-36(22-23-42-41(44)53-29-34-20-11-4-12-21-34)48-24-13-25-49-40-39(52-28-33-18-9-3-10-19-33)38(51-27-32-16-7-2-8-17-32)37(35(54-40)30-55(45,46)47)50-26-31-14-5-1-6-15-31/h1-12,14-21,35,37-40H,13,22-30H2,(H,42,44)(H,45,46,47)/t35-,37-,38+,39-,40+/m1/s1. The molecule has 5 atom stereocenters. The highest BCUT2D eigenvalue weighted by atomic mass is 32.2. The van der Waals surface area contributed by atoms with Crippen LogP contribution in [0.3, 0.4) is 0 Å². The molecule has 1 amide bonds. The van der Waals surface area contributed by atoms with Gasteiger partial charge in [0.2, 0.25) is 0 Å². The number of amides is 1. The minimum absolute atomic E-state index is 0.00470. The van der Waals surface area contributed by atoms with E-state index in [4.69, 9.17) is 33.2 Å². The molecule has 0 spiro atoms. The first-order valence-electron chi connectivity index (χ1n) is 18.0. The molecule has 2 N–H and O–H groups in total. The zero-order valence-corrected chi connectivity index (χ0v) is 31.2. The molecule has 1 aliphatic rings. The van der Waals surface area contributed by atoms with Gasteiger partial charge >= 0.3 is 12.1 Å². The van der Waals surface area contributed by atoms with Crippen LogP contribution < -0.4 is 5.32 Å². The zero-order chi connectivity index (χ0) is 38.7. The molecule has 0 aromatic heterocycles. The number of carbonyl (C=O) groups excluding carboxylic acids is 2. The number of benzene rings is 4. The number of nitrogens with one attached hydrogen (secondary N) is 1. The number of hydrogen-bond acceptors (Lipinski definition) is 11. The Morgan fingerprint density at radius 1 is 0.600 bits per heavy atom. The fourth-order valence-electron chi connectivity index (χ4n) is 5.78. The van der Waals surface area contributed by atoms with Crippen molar-refractivity contribution in [3.8, 4) is 0 Å². The number of esters is 1. The molecule has 1 saturated heterocycles. The van der Waals surface area contributed by atoms with Gasteiger partial charge in [-0.05, 0) is 22.3 Å². The van der Waals surface area contributed by atoms with Crippen LogP contribution in [0.4, 0.5) is 4.79 Å². The van der Waals surface area contributed by atoms with Crippen molar-refractivity contribution in [2.45, 2.75) is 70.0 Å². The number of rotatable bonds is 21. The van der Waals surface area contributed by atoms with Crippen LogP contribution in [-0.2, 0) is 74.5 Å². The summed E-state index contributed by atoms with van der Waals surface area (Å²) >= 11 is 0. The second-order valence-corrected chi connectivity index (χ2v) is 14.3. The molecule has 55 heavy (non-hydrogen) atoms. The van der Waals surface area contributed by atoms with Crippen molar-refractivity contribution in [3.05, 3.63) is 144 Å². The van der Waals surface area contributed by atoms with Gasteiger partial charge < -0.3 is 38.5 Å². The maximum Gasteiger partial charge on any atom is 0.407 e. The number of ether oxygens (including phenoxy) is 7. The molecule has 0 unspecified atom stereocenters. The highest BCUT2D eigenvalue weighted by molar-refractivity contribution is 7.85. The summed E-state index contributed by atoms with van der Waals surface area (Å²) in [4.78, 5) is 24.3. The Labute approximate surface area is 321 Å². The molecule has 0 bridgehead atoms. The van der Waals surface area contributed by atoms with Gasteiger partial charge in [0.05, 0.1) is 39.5 Å². The summed E-state index contributed by atoms with van der Waals surface area (Å²) in [5.74, 6) is -1.31. The Hall–Kier alpha value is -4.67. The molecule has 14 heteroatoms. The molecule has 294 valence electrons. The summed E-state index contributed by atoms with van der Waals surface area (Å²) in [6.45, 7) is 0.582. The van der Waals surface area contributed by atoms with Crippen LogP contribution in [0.5, 0.6) is 0 Å². The van der Waals surface area contributed by atoms with Gasteiger partial charge in [-0.3, -0.25) is 9.35 Å². The lowest BCUT2D eigenvalue weighted by Gasteiger charge is -2.45. The molecule has 0 saturated carbocycles. The quantitative estimate of drug-likeness (QED) is 0.0611. The van der Waals surface area contributed by atoms with E-state index in [1.807, 2.05) is 121 Å². The minimum Gasteiger partial charge on any atom is -0.466 e. The van der Waals surface area contributed by atoms with E-state index in [9.17, 15) is 22.6 Å². The third kappa shape index (κ3) is 14.8. The maximum atomic E-state index is 12.3. The zero-order valence-electron chi connectivity index (χ0n) is 30.4. The molecular formula is C41H47NO12S. The van der Waals surface area contributed by atoms with Crippen molar-refractivity contribution < 1.29 is 55.7 Å². The molecular weight excluding hydrogens is 731 g/mol. The Balaban J connectivity index is 1.22. The van der Waals surface area contributed by atoms with E-state index in [1.165, 1.54) is 0 Å². The predicted molar refractivity (Wildman–Crippen MR) is 201 cm³/mol. The van der Waals surface area contributed by atoms with Crippen molar-refractivity contribution >= 4 is 22.2 Å². The van der Waals surface area contributed by atoms with E-state index in [2.05, 4.69) is 5.32 Å². The molecule has 1 heterocycles. The van der Waals surface area contributed by atoms with Crippen LogP contribution in [0.15, 0.2) is 121 Å². The second-order valence-electron chi connectivity index (χ2n) is 12.8. The summed E-state index contributed by atoms with van der Waals surface area (Å²) in [6, 6.07) is 37.5. The average molecular weight is 778 g/mol. The summed E-state index contributed by atoms with van der Waals surface area (Å²) in [6.07, 6.45) is -5.65. The lowest BCUT2D eigenvalue weighted by atomic mass is 9.98. The molecule has 4 aromatic rings. The molecule has 1 fully saturated rings. The van der Waals surface area contributed by atoms with Crippen LogP contribution in [0, 0.1) is 0 Å². The first kappa shape index (κ1) is 41.5. The van der Waals surface area contributed by atoms with E-state index in [1.54, 1.807) is 0 Å². The van der Waals surface area contributed by atoms with Gasteiger partial charge in [0, 0.05) is 13.0 Å². The summed E-state index contributed by atoms with van der Waals surface area (Å²) in [5.41, 5.74) is 3.41. The van der Waals surface area contributed by atoms with Gasteiger partial charge in [-0.15, -0.1) is 0 Å². The van der Waals surface area contributed by atoms with E-state index < -0.39 is 58.6 Å².